The molecule has 0 fully saturated rings. The van der Waals surface area contributed by atoms with Crippen LogP contribution in [0.15, 0.2) is 89.8 Å². The highest BCUT2D eigenvalue weighted by atomic mass is 16.3. The molecular weight excluding hydrogens is 380 g/mol. The minimum absolute atomic E-state index is 0.181. The molecule has 0 aliphatic heterocycles. The summed E-state index contributed by atoms with van der Waals surface area (Å²) in [5, 5.41) is 9.82. The van der Waals surface area contributed by atoms with Gasteiger partial charge in [-0.2, -0.15) is 5.10 Å². The van der Waals surface area contributed by atoms with Crippen LogP contribution in [0.2, 0.25) is 0 Å². The molecule has 0 radical (unpaired) electrons. The summed E-state index contributed by atoms with van der Waals surface area (Å²) in [7, 11) is 0. The molecule has 0 unspecified atom stereocenters. The number of aromatic nitrogens is 2. The second-order valence-corrected chi connectivity index (χ2v) is 6.71. The molecule has 0 saturated heterocycles. The predicted molar refractivity (Wildman–Crippen MR) is 112 cm³/mol. The van der Waals surface area contributed by atoms with Crippen molar-refractivity contribution in [3.05, 3.63) is 108 Å². The molecule has 2 heterocycles. The van der Waals surface area contributed by atoms with Crippen LogP contribution >= 0.6 is 0 Å². The van der Waals surface area contributed by atoms with Crippen LogP contribution < -0.4 is 10.6 Å². The van der Waals surface area contributed by atoms with Crippen molar-refractivity contribution in [2.45, 2.75) is 13.1 Å². The van der Waals surface area contributed by atoms with Crippen LogP contribution in [0, 0.1) is 0 Å². The molecule has 7 heteroatoms. The lowest BCUT2D eigenvalue weighted by molar-refractivity contribution is 0.0950. The molecule has 0 saturated carbocycles. The van der Waals surface area contributed by atoms with Crippen molar-refractivity contribution in [1.29, 1.82) is 0 Å². The fourth-order valence-corrected chi connectivity index (χ4v) is 2.93. The molecule has 30 heavy (non-hydrogen) atoms. The maximum absolute atomic E-state index is 12.4. The van der Waals surface area contributed by atoms with Crippen LogP contribution in [0.5, 0.6) is 0 Å². The van der Waals surface area contributed by atoms with E-state index in [9.17, 15) is 9.59 Å². The molecule has 2 amide bonds. The first-order valence-electron chi connectivity index (χ1n) is 9.46. The van der Waals surface area contributed by atoms with Gasteiger partial charge in [0.25, 0.3) is 11.8 Å². The first kappa shape index (κ1) is 19.2. The molecule has 0 atom stereocenters. The normalized spacial score (nSPS) is 10.5. The fourth-order valence-electron chi connectivity index (χ4n) is 2.93. The summed E-state index contributed by atoms with van der Waals surface area (Å²) in [5.74, 6) is -0.291. The van der Waals surface area contributed by atoms with Crippen molar-refractivity contribution < 1.29 is 14.0 Å². The van der Waals surface area contributed by atoms with E-state index < -0.39 is 0 Å². The summed E-state index contributed by atoms with van der Waals surface area (Å²) in [6, 6.07) is 19.9. The van der Waals surface area contributed by atoms with Gasteiger partial charge in [-0.25, -0.2) is 0 Å². The number of benzene rings is 2. The number of amides is 2. The van der Waals surface area contributed by atoms with Crippen molar-refractivity contribution in [1.82, 2.24) is 15.1 Å². The van der Waals surface area contributed by atoms with E-state index in [1.807, 2.05) is 41.2 Å². The summed E-state index contributed by atoms with van der Waals surface area (Å²) in [6.45, 7) is 1.14. The monoisotopic (exact) mass is 400 g/mol. The van der Waals surface area contributed by atoms with Gasteiger partial charge in [-0.05, 0) is 53.6 Å². The molecule has 150 valence electrons. The predicted octanol–water partition coefficient (Wildman–Crippen LogP) is 3.71. The number of hydrogen-bond acceptors (Lipinski definition) is 4. The quantitative estimate of drug-likeness (QED) is 0.495. The average molecular weight is 400 g/mol. The van der Waals surface area contributed by atoms with E-state index in [1.54, 1.807) is 42.6 Å². The van der Waals surface area contributed by atoms with Crippen LogP contribution in [0.25, 0.3) is 0 Å². The Morgan fingerprint density at radius 2 is 1.67 bits per heavy atom. The van der Waals surface area contributed by atoms with E-state index in [-0.39, 0.29) is 17.6 Å². The number of rotatable bonds is 7. The molecule has 0 spiro atoms. The fraction of sp³-hybridized carbons (Fsp3) is 0.0870. The molecule has 2 aromatic heterocycles. The van der Waals surface area contributed by atoms with Crippen LogP contribution in [0.3, 0.4) is 0 Å². The summed E-state index contributed by atoms with van der Waals surface area (Å²) in [5.41, 5.74) is 3.25. The molecular formula is C23H20N4O3. The number of hydrogen-bond donors (Lipinski definition) is 2. The zero-order valence-electron chi connectivity index (χ0n) is 16.1. The summed E-state index contributed by atoms with van der Waals surface area (Å²) in [6.07, 6.45) is 5.11. The summed E-state index contributed by atoms with van der Waals surface area (Å²) < 4.78 is 6.91. The summed E-state index contributed by atoms with van der Waals surface area (Å²) in [4.78, 5) is 24.4. The second-order valence-electron chi connectivity index (χ2n) is 6.71. The minimum Gasteiger partial charge on any atom is -0.459 e. The van der Waals surface area contributed by atoms with Gasteiger partial charge in [-0.1, -0.05) is 24.3 Å². The molecule has 0 aliphatic rings. The van der Waals surface area contributed by atoms with E-state index in [0.717, 1.165) is 11.1 Å². The molecule has 7 nitrogen and oxygen atoms in total. The highest BCUT2D eigenvalue weighted by Gasteiger charge is 2.10. The third kappa shape index (κ3) is 4.82. The third-order valence-electron chi connectivity index (χ3n) is 4.53. The minimum atomic E-state index is -0.340. The second kappa shape index (κ2) is 8.91. The van der Waals surface area contributed by atoms with Gasteiger partial charge in [-0.15, -0.1) is 0 Å². The molecule has 4 rings (SSSR count). The topological polar surface area (TPSA) is 89.2 Å². The Balaban J connectivity index is 1.29. The first-order chi connectivity index (χ1) is 14.7. The van der Waals surface area contributed by atoms with Crippen molar-refractivity contribution in [3.63, 3.8) is 0 Å². The number of carbonyl (C=O) groups excluding carboxylic acids is 2. The zero-order chi connectivity index (χ0) is 20.8. The van der Waals surface area contributed by atoms with Gasteiger partial charge in [0.05, 0.1) is 12.8 Å². The van der Waals surface area contributed by atoms with E-state index in [1.165, 1.54) is 6.26 Å². The van der Waals surface area contributed by atoms with Crippen molar-refractivity contribution in [2.75, 3.05) is 5.32 Å². The smallest absolute Gasteiger partial charge is 0.291 e. The van der Waals surface area contributed by atoms with Crippen molar-refractivity contribution in [2.24, 2.45) is 0 Å². The lowest BCUT2D eigenvalue weighted by Gasteiger charge is -2.08. The van der Waals surface area contributed by atoms with Crippen LogP contribution in [-0.2, 0) is 13.1 Å². The lowest BCUT2D eigenvalue weighted by Crippen LogP contribution is -2.22. The highest BCUT2D eigenvalue weighted by Crippen LogP contribution is 2.12. The number of nitrogens with one attached hydrogen (secondary N) is 2. The number of nitrogens with zero attached hydrogens (tertiary/aromatic N) is 2. The van der Waals surface area contributed by atoms with E-state index in [4.69, 9.17) is 4.42 Å². The lowest BCUT2D eigenvalue weighted by atomic mass is 10.1. The van der Waals surface area contributed by atoms with E-state index in [2.05, 4.69) is 15.7 Å². The van der Waals surface area contributed by atoms with Crippen molar-refractivity contribution >= 4 is 17.5 Å². The molecule has 4 aromatic rings. The zero-order valence-corrected chi connectivity index (χ0v) is 16.1. The number of anilines is 1. The third-order valence-corrected chi connectivity index (χ3v) is 4.53. The Bertz CT molecular complexity index is 1100. The Hall–Kier alpha value is -4.13. The van der Waals surface area contributed by atoms with Gasteiger partial charge >= 0.3 is 0 Å². The largest absolute Gasteiger partial charge is 0.459 e. The number of carbonyl (C=O) groups is 2. The van der Waals surface area contributed by atoms with Crippen LogP contribution in [-0.4, -0.2) is 21.6 Å². The van der Waals surface area contributed by atoms with E-state index in [0.29, 0.717) is 24.3 Å². The summed E-state index contributed by atoms with van der Waals surface area (Å²) >= 11 is 0. The standard InChI is InChI=1S/C23H20N4O3/c28-22(19-8-10-20(11-9-19)26-23(29)21-3-1-14-30-21)24-15-17-4-6-18(7-5-17)16-27-13-2-12-25-27/h1-14H,15-16H2,(H,24,28)(H,26,29). The van der Waals surface area contributed by atoms with Gasteiger partial charge < -0.3 is 15.1 Å². The SMILES string of the molecule is O=C(NCc1ccc(Cn2cccn2)cc1)c1ccc(NC(=O)c2ccco2)cc1. The van der Waals surface area contributed by atoms with Crippen LogP contribution in [0.4, 0.5) is 5.69 Å². The molecule has 0 bridgehead atoms. The maximum atomic E-state index is 12.4. The highest BCUT2D eigenvalue weighted by molar-refractivity contribution is 6.02. The Morgan fingerprint density at radius 3 is 2.33 bits per heavy atom. The average Bonchev–Trinajstić information content (AvgIpc) is 3.48. The van der Waals surface area contributed by atoms with Crippen LogP contribution in [0.1, 0.15) is 32.0 Å². The molecule has 2 N–H and O–H groups in total. The Morgan fingerprint density at radius 1 is 0.900 bits per heavy atom. The van der Waals surface area contributed by atoms with Gasteiger partial charge in [0, 0.05) is 30.2 Å². The molecule has 2 aromatic carbocycles. The Labute approximate surface area is 173 Å². The van der Waals surface area contributed by atoms with E-state index >= 15 is 0 Å². The van der Waals surface area contributed by atoms with Gasteiger partial charge in [0.15, 0.2) is 5.76 Å². The van der Waals surface area contributed by atoms with Gasteiger partial charge in [0.2, 0.25) is 0 Å². The maximum Gasteiger partial charge on any atom is 0.291 e. The molecule has 0 aliphatic carbocycles. The Kier molecular flexibility index (Phi) is 5.70. The van der Waals surface area contributed by atoms with Gasteiger partial charge in [-0.3, -0.25) is 14.3 Å². The first-order valence-corrected chi connectivity index (χ1v) is 9.46. The number of furan rings is 1. The van der Waals surface area contributed by atoms with Crippen molar-refractivity contribution in [3.8, 4) is 0 Å². The van der Waals surface area contributed by atoms with Gasteiger partial charge in [0.1, 0.15) is 0 Å².